The molecule has 3 aromatic rings. The van der Waals surface area contributed by atoms with Crippen LogP contribution in [0.4, 0.5) is 11.4 Å². The molecule has 1 amide bonds. The molecule has 2 aliphatic heterocycles. The number of carbonyl (C=O) groups is 1. The van der Waals surface area contributed by atoms with Crippen molar-refractivity contribution in [3.8, 4) is 0 Å². The second-order valence-corrected chi connectivity index (χ2v) is 10.5. The monoisotopic (exact) mass is 513 g/mol. The number of nitrogens with zero attached hydrogens (tertiary/aromatic N) is 3. The number of fused-ring (bicyclic) bond motifs is 1. The molecule has 0 spiro atoms. The molecule has 5 rings (SSSR count). The maximum atomic E-state index is 13.3. The molecular formula is C24H27N5O6S. The Hall–Kier alpha value is -3.32. The topological polar surface area (TPSA) is 134 Å². The molecule has 190 valence electrons. The molecule has 0 aliphatic carbocycles. The fourth-order valence-electron chi connectivity index (χ4n) is 4.44. The van der Waals surface area contributed by atoms with E-state index in [1.807, 2.05) is 0 Å². The van der Waals surface area contributed by atoms with Crippen LogP contribution in [0.15, 0.2) is 52.2 Å². The molecule has 2 aromatic carbocycles. The van der Waals surface area contributed by atoms with E-state index in [2.05, 4.69) is 20.4 Å². The van der Waals surface area contributed by atoms with Crippen LogP contribution in [0.3, 0.4) is 0 Å². The predicted molar refractivity (Wildman–Crippen MR) is 134 cm³/mol. The molecule has 0 bridgehead atoms. The first kappa shape index (κ1) is 24.4. The van der Waals surface area contributed by atoms with E-state index in [-0.39, 0.29) is 35.9 Å². The van der Waals surface area contributed by atoms with Crippen LogP contribution in [0.25, 0.3) is 10.8 Å². The van der Waals surface area contributed by atoms with Crippen LogP contribution < -0.4 is 15.8 Å². The number of morpholine rings is 2. The number of rotatable bonds is 6. The number of sulfonamides is 1. The number of anilines is 2. The van der Waals surface area contributed by atoms with E-state index in [1.165, 1.54) is 10.4 Å². The average Bonchev–Trinajstić information content (AvgIpc) is 2.91. The van der Waals surface area contributed by atoms with Crippen LogP contribution in [-0.2, 0) is 30.7 Å². The van der Waals surface area contributed by atoms with E-state index >= 15 is 0 Å². The van der Waals surface area contributed by atoms with Crippen LogP contribution in [-0.4, -0.2) is 81.4 Å². The van der Waals surface area contributed by atoms with Crippen LogP contribution in [0.2, 0.25) is 0 Å². The van der Waals surface area contributed by atoms with Crippen LogP contribution in [0.5, 0.6) is 0 Å². The molecule has 2 saturated heterocycles. The maximum absolute atomic E-state index is 13.3. The molecule has 0 atom stereocenters. The zero-order chi connectivity index (χ0) is 25.1. The Morgan fingerprint density at radius 1 is 0.972 bits per heavy atom. The number of carbonyl (C=O) groups excluding carboxylic acids is 1. The minimum absolute atomic E-state index is 0.0969. The molecule has 0 radical (unpaired) electrons. The lowest BCUT2D eigenvalue weighted by Crippen LogP contribution is -2.40. The van der Waals surface area contributed by atoms with Gasteiger partial charge in [-0.3, -0.25) is 9.59 Å². The summed E-state index contributed by atoms with van der Waals surface area (Å²) in [5.41, 5.74) is 1.20. The number of hydrogen-bond acceptors (Lipinski definition) is 8. The van der Waals surface area contributed by atoms with Crippen LogP contribution in [0.1, 0.15) is 5.69 Å². The molecular weight excluding hydrogens is 486 g/mol. The highest BCUT2D eigenvalue weighted by molar-refractivity contribution is 7.89. The van der Waals surface area contributed by atoms with Crippen molar-refractivity contribution in [3.05, 3.63) is 58.5 Å². The second kappa shape index (κ2) is 10.3. The summed E-state index contributed by atoms with van der Waals surface area (Å²) in [5, 5.41) is 10.4. The molecule has 1 aromatic heterocycles. The molecule has 11 nitrogen and oxygen atoms in total. The Labute approximate surface area is 208 Å². The summed E-state index contributed by atoms with van der Waals surface area (Å²) in [7, 11) is -3.75. The average molecular weight is 514 g/mol. The number of aromatic amines is 1. The Bertz CT molecular complexity index is 1430. The van der Waals surface area contributed by atoms with Gasteiger partial charge in [0.05, 0.1) is 60.2 Å². The van der Waals surface area contributed by atoms with Gasteiger partial charge in [0.1, 0.15) is 0 Å². The van der Waals surface area contributed by atoms with Gasteiger partial charge in [-0.25, -0.2) is 13.5 Å². The predicted octanol–water partition coefficient (Wildman–Crippen LogP) is 0.962. The van der Waals surface area contributed by atoms with Crippen molar-refractivity contribution in [2.75, 3.05) is 62.8 Å². The maximum Gasteiger partial charge on any atom is 0.272 e. The van der Waals surface area contributed by atoms with Crippen molar-refractivity contribution in [1.82, 2.24) is 14.5 Å². The van der Waals surface area contributed by atoms with E-state index in [4.69, 9.17) is 9.47 Å². The first-order valence-electron chi connectivity index (χ1n) is 11.7. The molecule has 2 aliphatic rings. The first-order chi connectivity index (χ1) is 17.4. The van der Waals surface area contributed by atoms with Crippen LogP contribution in [0, 0.1) is 0 Å². The molecule has 0 saturated carbocycles. The Balaban J connectivity index is 1.46. The van der Waals surface area contributed by atoms with Crippen molar-refractivity contribution >= 4 is 38.1 Å². The van der Waals surface area contributed by atoms with Gasteiger partial charge in [0.25, 0.3) is 5.56 Å². The summed E-state index contributed by atoms with van der Waals surface area (Å²) >= 11 is 0. The highest BCUT2D eigenvalue weighted by Crippen LogP contribution is 2.31. The molecule has 2 fully saturated rings. The summed E-state index contributed by atoms with van der Waals surface area (Å²) in [6.07, 6.45) is -0.0969. The van der Waals surface area contributed by atoms with Gasteiger partial charge < -0.3 is 19.7 Å². The SMILES string of the molecule is O=C(Cc1n[nH]c(=O)c2ccccc12)Nc1cc(S(=O)(=O)N2CCOCC2)ccc1N1CCOCC1. The van der Waals surface area contributed by atoms with Gasteiger partial charge in [-0.15, -0.1) is 0 Å². The Morgan fingerprint density at radius 3 is 2.36 bits per heavy atom. The molecule has 12 heteroatoms. The van der Waals surface area contributed by atoms with E-state index < -0.39 is 10.0 Å². The van der Waals surface area contributed by atoms with Gasteiger partial charge in [-0.05, 0) is 24.3 Å². The molecule has 3 heterocycles. The smallest absolute Gasteiger partial charge is 0.272 e. The number of H-pyrrole nitrogens is 1. The van der Waals surface area contributed by atoms with E-state index in [9.17, 15) is 18.0 Å². The molecule has 0 unspecified atom stereocenters. The summed E-state index contributed by atoms with van der Waals surface area (Å²) < 4.78 is 38.7. The van der Waals surface area contributed by atoms with Gasteiger partial charge >= 0.3 is 0 Å². The van der Waals surface area contributed by atoms with Gasteiger partial charge in [0, 0.05) is 31.6 Å². The van der Waals surface area contributed by atoms with Gasteiger partial charge in [-0.1, -0.05) is 18.2 Å². The summed E-state index contributed by atoms with van der Waals surface area (Å²) in [4.78, 5) is 27.4. The van der Waals surface area contributed by atoms with Crippen molar-refractivity contribution in [2.24, 2.45) is 0 Å². The van der Waals surface area contributed by atoms with Gasteiger partial charge in [0.2, 0.25) is 15.9 Å². The molecule has 36 heavy (non-hydrogen) atoms. The van der Waals surface area contributed by atoms with Gasteiger partial charge in [0.15, 0.2) is 0 Å². The third-order valence-corrected chi connectivity index (χ3v) is 8.20. The summed E-state index contributed by atoms with van der Waals surface area (Å²) in [6, 6.07) is 11.7. The number of amides is 1. The fourth-order valence-corrected chi connectivity index (χ4v) is 5.88. The zero-order valence-corrected chi connectivity index (χ0v) is 20.4. The molecule has 2 N–H and O–H groups in total. The standard InChI is InChI=1S/C24H27N5O6S/c30-23(16-20-18-3-1-2-4-19(18)24(31)27-26-20)25-21-15-17(36(32,33)29-9-13-35-14-10-29)5-6-22(21)28-7-11-34-12-8-28/h1-6,15H,7-14,16H2,(H,25,30)(H,27,31). The van der Waals surface area contributed by atoms with Crippen molar-refractivity contribution in [3.63, 3.8) is 0 Å². The van der Waals surface area contributed by atoms with Crippen LogP contribution >= 0.6 is 0 Å². The zero-order valence-electron chi connectivity index (χ0n) is 19.6. The lowest BCUT2D eigenvalue weighted by molar-refractivity contribution is -0.115. The lowest BCUT2D eigenvalue weighted by atomic mass is 10.1. The third-order valence-electron chi connectivity index (χ3n) is 6.30. The highest BCUT2D eigenvalue weighted by atomic mass is 32.2. The number of aromatic nitrogens is 2. The second-order valence-electron chi connectivity index (χ2n) is 8.56. The van der Waals surface area contributed by atoms with E-state index in [0.717, 1.165) is 0 Å². The summed E-state index contributed by atoms with van der Waals surface area (Å²) in [6.45, 7) is 3.54. The minimum Gasteiger partial charge on any atom is -0.379 e. The highest BCUT2D eigenvalue weighted by Gasteiger charge is 2.28. The van der Waals surface area contributed by atoms with E-state index in [1.54, 1.807) is 36.4 Å². The fraction of sp³-hybridized carbons (Fsp3) is 0.375. The minimum atomic E-state index is -3.75. The number of benzene rings is 2. The number of nitrogens with one attached hydrogen (secondary N) is 2. The van der Waals surface area contributed by atoms with Crippen molar-refractivity contribution < 1.29 is 22.7 Å². The normalized spacial score (nSPS) is 17.3. The Morgan fingerprint density at radius 2 is 1.64 bits per heavy atom. The van der Waals surface area contributed by atoms with Crippen molar-refractivity contribution in [2.45, 2.75) is 11.3 Å². The summed E-state index contributed by atoms with van der Waals surface area (Å²) in [5.74, 6) is -0.380. The van der Waals surface area contributed by atoms with E-state index in [0.29, 0.717) is 67.4 Å². The lowest BCUT2D eigenvalue weighted by Gasteiger charge is -2.31. The number of ether oxygens (including phenoxy) is 2. The van der Waals surface area contributed by atoms with Crippen molar-refractivity contribution in [1.29, 1.82) is 0 Å². The number of hydrogen-bond donors (Lipinski definition) is 2. The van der Waals surface area contributed by atoms with Gasteiger partial charge in [-0.2, -0.15) is 9.40 Å². The first-order valence-corrected chi connectivity index (χ1v) is 13.2. The third kappa shape index (κ3) is 4.98. The Kier molecular flexibility index (Phi) is 7.01. The quantitative estimate of drug-likeness (QED) is 0.498. The largest absolute Gasteiger partial charge is 0.379 e.